The molecule has 46 heavy (non-hydrogen) atoms. The summed E-state index contributed by atoms with van der Waals surface area (Å²) < 4.78 is 6.69. The Morgan fingerprint density at radius 2 is 1.26 bits per heavy atom. The molecule has 0 amide bonds. The van der Waals surface area contributed by atoms with E-state index < -0.39 is 5.41 Å². The lowest BCUT2D eigenvalue weighted by atomic mass is 9.60. The van der Waals surface area contributed by atoms with Crippen molar-refractivity contribution in [3.63, 3.8) is 0 Å². The molecule has 1 atom stereocenters. The SMILES string of the molecule is N=C(/C=C\C(=N)c1ccc2c(c1)C(C1=c3ccccc3=CCC1)(c1cccc3ccccc13)c1ccccc1O2)c1ccccc1. The van der Waals surface area contributed by atoms with Crippen LogP contribution in [0.1, 0.15) is 40.7 Å². The van der Waals surface area contributed by atoms with Crippen LogP contribution in [0.5, 0.6) is 11.5 Å². The highest BCUT2D eigenvalue weighted by atomic mass is 16.5. The van der Waals surface area contributed by atoms with E-state index in [1.165, 1.54) is 32.3 Å². The van der Waals surface area contributed by atoms with E-state index in [-0.39, 0.29) is 0 Å². The predicted octanol–water partition coefficient (Wildman–Crippen LogP) is 8.70. The Morgan fingerprint density at radius 1 is 0.587 bits per heavy atom. The van der Waals surface area contributed by atoms with Gasteiger partial charge in [0.1, 0.15) is 11.5 Å². The molecule has 1 aliphatic heterocycles. The van der Waals surface area contributed by atoms with Gasteiger partial charge in [-0.3, -0.25) is 0 Å². The molecule has 6 aromatic carbocycles. The summed E-state index contributed by atoms with van der Waals surface area (Å²) in [4.78, 5) is 0. The van der Waals surface area contributed by atoms with Crippen LogP contribution >= 0.6 is 0 Å². The van der Waals surface area contributed by atoms with E-state index in [2.05, 4.69) is 97.1 Å². The molecule has 3 nitrogen and oxygen atoms in total. The van der Waals surface area contributed by atoms with Crippen LogP contribution in [0.3, 0.4) is 0 Å². The Bertz CT molecular complexity index is 2330. The number of rotatable bonds is 6. The van der Waals surface area contributed by atoms with Gasteiger partial charge in [-0.25, -0.2) is 0 Å². The molecule has 8 rings (SSSR count). The lowest BCUT2D eigenvalue weighted by Crippen LogP contribution is -2.42. The molecule has 0 bridgehead atoms. The van der Waals surface area contributed by atoms with Gasteiger partial charge in [0.15, 0.2) is 0 Å². The number of hydrogen-bond donors (Lipinski definition) is 2. The summed E-state index contributed by atoms with van der Waals surface area (Å²) in [7, 11) is 0. The smallest absolute Gasteiger partial charge is 0.132 e. The highest BCUT2D eigenvalue weighted by Crippen LogP contribution is 2.58. The van der Waals surface area contributed by atoms with Crippen LogP contribution in [0.25, 0.3) is 22.4 Å². The highest BCUT2D eigenvalue weighted by Gasteiger charge is 2.47. The van der Waals surface area contributed by atoms with Gasteiger partial charge in [-0.15, -0.1) is 0 Å². The second-order valence-electron chi connectivity index (χ2n) is 11.9. The maximum Gasteiger partial charge on any atom is 0.132 e. The zero-order valence-corrected chi connectivity index (χ0v) is 25.3. The largest absolute Gasteiger partial charge is 0.457 e. The fourth-order valence-electron chi connectivity index (χ4n) is 7.36. The monoisotopic (exact) mass is 592 g/mol. The van der Waals surface area contributed by atoms with Crippen LogP contribution in [-0.4, -0.2) is 11.4 Å². The van der Waals surface area contributed by atoms with Crippen molar-refractivity contribution in [2.75, 3.05) is 0 Å². The van der Waals surface area contributed by atoms with Crippen molar-refractivity contribution < 1.29 is 4.74 Å². The van der Waals surface area contributed by atoms with E-state index in [1.54, 1.807) is 12.2 Å². The first-order chi connectivity index (χ1) is 22.6. The predicted molar refractivity (Wildman–Crippen MR) is 189 cm³/mol. The normalized spacial score (nSPS) is 16.6. The van der Waals surface area contributed by atoms with E-state index in [1.807, 2.05) is 48.5 Å². The molecule has 1 unspecified atom stereocenters. The first-order valence-corrected chi connectivity index (χ1v) is 15.7. The van der Waals surface area contributed by atoms with E-state index >= 15 is 0 Å². The molecule has 1 heterocycles. The molecule has 0 fully saturated rings. The molecular formula is C43H32N2O. The second kappa shape index (κ2) is 11.3. The minimum Gasteiger partial charge on any atom is -0.457 e. The minimum absolute atomic E-state index is 0.344. The summed E-state index contributed by atoms with van der Waals surface area (Å²) in [5.74, 6) is 1.64. The van der Waals surface area contributed by atoms with Crippen molar-refractivity contribution in [3.8, 4) is 11.5 Å². The lowest BCUT2D eigenvalue weighted by Gasteiger charge is -2.44. The zero-order valence-electron chi connectivity index (χ0n) is 25.3. The van der Waals surface area contributed by atoms with Gasteiger partial charge in [0.25, 0.3) is 0 Å². The number of hydrogen-bond acceptors (Lipinski definition) is 3. The number of para-hydroxylation sites is 1. The van der Waals surface area contributed by atoms with Crippen molar-refractivity contribution in [2.24, 2.45) is 0 Å². The van der Waals surface area contributed by atoms with Crippen molar-refractivity contribution in [1.82, 2.24) is 0 Å². The molecule has 0 radical (unpaired) electrons. The Morgan fingerprint density at radius 3 is 2.15 bits per heavy atom. The summed E-state index contributed by atoms with van der Waals surface area (Å²) >= 11 is 0. The van der Waals surface area contributed by atoms with Gasteiger partial charge >= 0.3 is 0 Å². The molecular weight excluding hydrogens is 560 g/mol. The molecule has 0 saturated carbocycles. The summed E-state index contributed by atoms with van der Waals surface area (Å²) in [5, 5.41) is 22.6. The van der Waals surface area contributed by atoms with Gasteiger partial charge in [0.2, 0.25) is 0 Å². The van der Waals surface area contributed by atoms with Gasteiger partial charge in [-0.05, 0) is 92.7 Å². The molecule has 2 N–H and O–H groups in total. The van der Waals surface area contributed by atoms with Crippen LogP contribution in [0.4, 0.5) is 0 Å². The van der Waals surface area contributed by atoms with Crippen LogP contribution < -0.4 is 15.2 Å². The molecule has 0 aromatic heterocycles. The Kier molecular flexibility index (Phi) is 6.80. The fourth-order valence-corrected chi connectivity index (χ4v) is 7.36. The van der Waals surface area contributed by atoms with Crippen molar-refractivity contribution in [2.45, 2.75) is 18.3 Å². The molecule has 2 aliphatic rings. The van der Waals surface area contributed by atoms with Crippen LogP contribution in [0, 0.1) is 10.8 Å². The molecule has 220 valence electrons. The fraction of sp³-hybridized carbons (Fsp3) is 0.0698. The number of benzene rings is 6. The number of ether oxygens (including phenoxy) is 1. The molecule has 6 aromatic rings. The van der Waals surface area contributed by atoms with Gasteiger partial charge in [-0.2, -0.15) is 0 Å². The molecule has 0 saturated heterocycles. The maximum atomic E-state index is 9.14. The van der Waals surface area contributed by atoms with Crippen LogP contribution in [0.15, 0.2) is 152 Å². The number of nitrogens with one attached hydrogen (secondary N) is 2. The van der Waals surface area contributed by atoms with E-state index in [9.17, 15) is 0 Å². The first-order valence-electron chi connectivity index (χ1n) is 15.7. The van der Waals surface area contributed by atoms with Crippen molar-refractivity contribution >= 4 is 33.8 Å². The van der Waals surface area contributed by atoms with E-state index in [4.69, 9.17) is 15.6 Å². The van der Waals surface area contributed by atoms with E-state index in [0.717, 1.165) is 46.6 Å². The van der Waals surface area contributed by atoms with Gasteiger partial charge in [0.05, 0.1) is 16.8 Å². The van der Waals surface area contributed by atoms with Crippen LogP contribution in [-0.2, 0) is 5.41 Å². The summed E-state index contributed by atoms with van der Waals surface area (Å²) in [6, 6.07) is 48.2. The summed E-state index contributed by atoms with van der Waals surface area (Å²) in [5.41, 5.74) is 6.32. The summed E-state index contributed by atoms with van der Waals surface area (Å²) in [6.45, 7) is 0. The average Bonchev–Trinajstić information content (AvgIpc) is 3.12. The topological polar surface area (TPSA) is 56.9 Å². The number of allylic oxidation sites excluding steroid dienone is 2. The quantitative estimate of drug-likeness (QED) is 0.187. The second-order valence-corrected chi connectivity index (χ2v) is 11.9. The zero-order chi connectivity index (χ0) is 31.1. The Labute approximate surface area is 268 Å². The maximum absolute atomic E-state index is 9.14. The average molecular weight is 593 g/mol. The lowest BCUT2D eigenvalue weighted by molar-refractivity contribution is 0.438. The standard InChI is InChI=1S/C43H32N2O/c44-39(31-14-2-1-3-15-31)25-26-40(45)32-24-27-42-38(28-32)43(37-20-8-9-23-41(37)46-42,35-21-10-16-29-12-4-6-18-33(29)35)36-22-11-17-30-13-5-7-19-34(30)36/h1-10,12-21,23-28,44-45H,11,22H2/b26-25-,44-39?,45-40?. The first kappa shape index (κ1) is 27.7. The summed E-state index contributed by atoms with van der Waals surface area (Å²) in [6.07, 6.45) is 7.62. The van der Waals surface area contributed by atoms with Crippen molar-refractivity contribution in [1.29, 1.82) is 10.8 Å². The highest BCUT2D eigenvalue weighted by molar-refractivity contribution is 6.14. The van der Waals surface area contributed by atoms with Crippen molar-refractivity contribution in [3.05, 3.63) is 190 Å². The third-order valence-corrected chi connectivity index (χ3v) is 9.40. The number of fused-ring (bicyclic) bond motifs is 4. The Hall–Kier alpha value is -5.80. The third-order valence-electron chi connectivity index (χ3n) is 9.40. The molecule has 3 heteroatoms. The Balaban J connectivity index is 1.43. The molecule has 1 aliphatic carbocycles. The third kappa shape index (κ3) is 4.43. The van der Waals surface area contributed by atoms with Gasteiger partial charge in [0, 0.05) is 11.1 Å². The minimum atomic E-state index is -0.674. The van der Waals surface area contributed by atoms with Gasteiger partial charge in [-0.1, -0.05) is 121 Å². The van der Waals surface area contributed by atoms with Crippen LogP contribution in [0.2, 0.25) is 0 Å². The van der Waals surface area contributed by atoms with E-state index in [0.29, 0.717) is 11.4 Å². The molecule has 0 spiro atoms. The van der Waals surface area contributed by atoms with Gasteiger partial charge < -0.3 is 15.6 Å².